The van der Waals surface area contributed by atoms with Gasteiger partial charge in [-0.3, -0.25) is 4.18 Å². The summed E-state index contributed by atoms with van der Waals surface area (Å²) in [5.41, 5.74) is 0. The van der Waals surface area contributed by atoms with Crippen molar-refractivity contribution in [2.75, 3.05) is 13.7 Å². The maximum absolute atomic E-state index is 11.4. The van der Waals surface area contributed by atoms with E-state index in [0.29, 0.717) is 0 Å². The van der Waals surface area contributed by atoms with Gasteiger partial charge in [-0.2, -0.15) is 8.42 Å². The Hall–Kier alpha value is -0.170. The van der Waals surface area contributed by atoms with Crippen molar-refractivity contribution in [2.24, 2.45) is 5.92 Å². The average Bonchev–Trinajstić information content (AvgIpc) is 3.00. The van der Waals surface area contributed by atoms with Crippen LogP contribution >= 0.6 is 0 Å². The normalized spacial score (nSPS) is 11.8. The summed E-state index contributed by atoms with van der Waals surface area (Å²) in [6.07, 6.45) is 45.3. The molecule has 0 spiro atoms. The number of rotatable bonds is 37. The van der Waals surface area contributed by atoms with Crippen LogP contribution in [0.1, 0.15) is 226 Å². The molecule has 0 aliphatic heterocycles. The summed E-state index contributed by atoms with van der Waals surface area (Å²) in [6, 6.07) is 0. The third-order valence-electron chi connectivity index (χ3n) is 9.37. The lowest BCUT2D eigenvalue weighted by Gasteiger charge is -2.17. The maximum atomic E-state index is 11.4. The van der Waals surface area contributed by atoms with Gasteiger partial charge in [-0.25, -0.2) is 4.18 Å². The van der Waals surface area contributed by atoms with Crippen LogP contribution in [0, 0.1) is 5.92 Å². The number of unbranched alkanes of at least 4 members (excludes halogenated alkanes) is 27. The van der Waals surface area contributed by atoms with Crippen LogP contribution in [0.4, 0.5) is 0 Å². The highest BCUT2D eigenvalue weighted by Crippen LogP contribution is 2.24. The molecule has 0 unspecified atom stereocenters. The fourth-order valence-corrected chi connectivity index (χ4v) is 6.85. The first kappa shape index (κ1) is 46.0. The summed E-state index contributed by atoms with van der Waals surface area (Å²) >= 11 is 0. The van der Waals surface area contributed by atoms with Gasteiger partial charge in [0.2, 0.25) is 0 Å². The molecule has 0 saturated heterocycles. The molecule has 0 fully saturated rings. The van der Waals surface area contributed by atoms with E-state index in [1.807, 2.05) is 0 Å². The van der Waals surface area contributed by atoms with E-state index in [-0.39, 0.29) is 12.8 Å². The van der Waals surface area contributed by atoms with Gasteiger partial charge in [0.1, 0.15) is 0 Å². The van der Waals surface area contributed by atoms with Crippen LogP contribution in [-0.2, 0) is 18.8 Å². The third-order valence-corrected chi connectivity index (χ3v) is 10.2. The van der Waals surface area contributed by atoms with Gasteiger partial charge in [-0.05, 0) is 12.3 Å². The zero-order valence-electron chi connectivity index (χ0n) is 30.4. The molecule has 44 heavy (non-hydrogen) atoms. The summed E-state index contributed by atoms with van der Waals surface area (Å²) in [6.45, 7) is 4.82. The van der Waals surface area contributed by atoms with Gasteiger partial charge in [-0.15, -0.1) is 0 Å². The predicted molar refractivity (Wildman–Crippen MR) is 194 cm³/mol. The molecule has 0 heterocycles. The van der Waals surface area contributed by atoms with E-state index in [1.165, 1.54) is 199 Å². The maximum Gasteiger partial charge on any atom is 0.399 e. The first-order valence-corrected chi connectivity index (χ1v) is 20.8. The van der Waals surface area contributed by atoms with Crippen molar-refractivity contribution in [3.63, 3.8) is 0 Å². The molecule has 0 aromatic rings. The van der Waals surface area contributed by atoms with E-state index in [0.717, 1.165) is 25.9 Å². The molecular weight excluding hydrogens is 566 g/mol. The third kappa shape index (κ3) is 36.3. The topological polar surface area (TPSA) is 87.6 Å². The lowest BCUT2D eigenvalue weighted by Crippen LogP contribution is -2.09. The van der Waals surface area contributed by atoms with E-state index in [4.69, 9.17) is 4.18 Å². The first-order valence-electron chi connectivity index (χ1n) is 19.5. The first-order chi connectivity index (χ1) is 21.1. The second-order valence-electron chi connectivity index (χ2n) is 13.5. The molecule has 0 saturated carbocycles. The van der Waals surface area contributed by atoms with Crippen molar-refractivity contribution in [3.8, 4) is 0 Å². The smallest absolute Gasteiger partial charge is 0.344 e. The fraction of sp³-hybridized carbons (Fsp3) is 1.00. The molecule has 0 aliphatic rings. The van der Waals surface area contributed by atoms with Gasteiger partial charge in [-0.1, -0.05) is 219 Å². The SMILES string of the molecule is CCCCCCCCCCCCCCCCC(CCCCCCCCCCCCCCCC)CCCCOS(=O)(=O)OC.N. The quantitative estimate of drug-likeness (QED) is 0.0678. The molecule has 0 bridgehead atoms. The molecule has 0 amide bonds. The van der Waals surface area contributed by atoms with Crippen LogP contribution < -0.4 is 6.15 Å². The highest BCUT2D eigenvalue weighted by molar-refractivity contribution is 7.81. The zero-order chi connectivity index (χ0) is 31.5. The molecule has 3 N–H and O–H groups in total. The van der Waals surface area contributed by atoms with Gasteiger partial charge in [0.05, 0.1) is 13.7 Å². The van der Waals surface area contributed by atoms with E-state index in [1.54, 1.807) is 0 Å². The van der Waals surface area contributed by atoms with Gasteiger partial charge < -0.3 is 6.15 Å². The van der Waals surface area contributed by atoms with Crippen LogP contribution in [0.5, 0.6) is 0 Å². The minimum Gasteiger partial charge on any atom is -0.344 e. The van der Waals surface area contributed by atoms with Crippen LogP contribution in [0.25, 0.3) is 0 Å². The molecule has 0 rings (SSSR count). The van der Waals surface area contributed by atoms with Crippen LogP contribution in [0.3, 0.4) is 0 Å². The summed E-state index contributed by atoms with van der Waals surface area (Å²) in [7, 11) is -2.64. The zero-order valence-corrected chi connectivity index (χ0v) is 31.2. The average molecular weight is 648 g/mol. The van der Waals surface area contributed by atoms with Crippen LogP contribution in [0.2, 0.25) is 0 Å². The van der Waals surface area contributed by atoms with E-state index in [9.17, 15) is 8.42 Å². The molecule has 0 atom stereocenters. The minimum atomic E-state index is -3.79. The molecule has 0 aromatic carbocycles. The molecule has 6 heteroatoms. The Morgan fingerprint density at radius 1 is 0.409 bits per heavy atom. The second kappa shape index (κ2) is 37.3. The van der Waals surface area contributed by atoms with E-state index < -0.39 is 10.4 Å². The molecule has 0 aliphatic carbocycles. The van der Waals surface area contributed by atoms with Gasteiger partial charge in [0.15, 0.2) is 0 Å². The number of hydrogen-bond donors (Lipinski definition) is 1. The highest BCUT2D eigenvalue weighted by atomic mass is 32.3. The van der Waals surface area contributed by atoms with Gasteiger partial charge in [0, 0.05) is 0 Å². The largest absolute Gasteiger partial charge is 0.399 e. The fourth-order valence-electron chi connectivity index (χ4n) is 6.43. The van der Waals surface area contributed by atoms with E-state index >= 15 is 0 Å². The van der Waals surface area contributed by atoms with Crippen molar-refractivity contribution in [3.05, 3.63) is 0 Å². The molecule has 268 valence electrons. The van der Waals surface area contributed by atoms with Crippen molar-refractivity contribution in [1.82, 2.24) is 6.15 Å². The lowest BCUT2D eigenvalue weighted by molar-refractivity contribution is 0.235. The Bertz CT molecular complexity index is 596. The molecular formula is C38H81NO4S. The van der Waals surface area contributed by atoms with Gasteiger partial charge in [0.25, 0.3) is 0 Å². The van der Waals surface area contributed by atoms with Crippen LogP contribution in [-0.4, -0.2) is 22.1 Å². The van der Waals surface area contributed by atoms with Crippen LogP contribution in [0.15, 0.2) is 0 Å². The Kier molecular flexibility index (Phi) is 38.9. The second-order valence-corrected chi connectivity index (χ2v) is 14.9. The Labute approximate surface area is 278 Å². The van der Waals surface area contributed by atoms with Crippen molar-refractivity contribution < 1.29 is 16.8 Å². The summed E-state index contributed by atoms with van der Waals surface area (Å²) in [5, 5.41) is 0. The standard InChI is InChI=1S/C38H78O4S.H3N/c1-4-6-8-10-12-14-16-18-20-22-24-26-28-30-34-38(36-32-33-37-42-43(39,40)41-3)35-31-29-27-25-23-21-19-17-15-13-11-9-7-5-2;/h38H,4-37H2,1-3H3;1H3. The lowest BCUT2D eigenvalue weighted by atomic mass is 9.90. The monoisotopic (exact) mass is 648 g/mol. The van der Waals surface area contributed by atoms with Crippen molar-refractivity contribution in [1.29, 1.82) is 0 Å². The summed E-state index contributed by atoms with van der Waals surface area (Å²) in [5.74, 6) is 0.786. The Balaban J connectivity index is 0. The van der Waals surface area contributed by atoms with Gasteiger partial charge >= 0.3 is 10.4 Å². The number of hydrogen-bond acceptors (Lipinski definition) is 5. The van der Waals surface area contributed by atoms with E-state index in [2.05, 4.69) is 18.0 Å². The summed E-state index contributed by atoms with van der Waals surface area (Å²) in [4.78, 5) is 0. The van der Waals surface area contributed by atoms with Crippen molar-refractivity contribution in [2.45, 2.75) is 226 Å². The molecule has 0 aromatic heterocycles. The molecule has 5 nitrogen and oxygen atoms in total. The minimum absolute atomic E-state index is 0. The highest BCUT2D eigenvalue weighted by Gasteiger charge is 2.11. The summed E-state index contributed by atoms with van der Waals surface area (Å²) < 4.78 is 32.0. The molecule has 0 radical (unpaired) electrons. The predicted octanol–water partition coefficient (Wildman–Crippen LogP) is 13.6. The van der Waals surface area contributed by atoms with Crippen molar-refractivity contribution >= 4 is 10.4 Å². The Morgan fingerprint density at radius 2 is 0.659 bits per heavy atom. The Morgan fingerprint density at radius 3 is 0.932 bits per heavy atom.